The van der Waals surface area contributed by atoms with Gasteiger partial charge in [-0.25, -0.2) is 4.68 Å². The minimum Gasteiger partial charge on any atom is -0.387 e. The molecule has 122 valence electrons. The van der Waals surface area contributed by atoms with E-state index in [9.17, 15) is 14.7 Å². The first kappa shape index (κ1) is 17.2. The van der Waals surface area contributed by atoms with Crippen molar-refractivity contribution in [1.82, 2.24) is 15.1 Å². The molecule has 0 spiro atoms. The monoisotopic (exact) mass is 335 g/mol. The molecule has 1 aromatic heterocycles. The fourth-order valence-electron chi connectivity index (χ4n) is 2.05. The van der Waals surface area contributed by atoms with Gasteiger partial charge in [0.05, 0.1) is 6.10 Å². The Kier molecular flexibility index (Phi) is 5.90. The largest absolute Gasteiger partial charge is 0.387 e. The molecule has 0 fully saturated rings. The van der Waals surface area contributed by atoms with Crippen molar-refractivity contribution in [2.24, 2.45) is 0 Å². The fraction of sp³-hybridized carbons (Fsp3) is 0.312. The van der Waals surface area contributed by atoms with E-state index in [0.29, 0.717) is 17.1 Å². The highest BCUT2D eigenvalue weighted by molar-refractivity contribution is 6.30. The lowest BCUT2D eigenvalue weighted by molar-refractivity contribution is 0.0909. The lowest BCUT2D eigenvalue weighted by Gasteiger charge is -2.12. The summed E-state index contributed by atoms with van der Waals surface area (Å²) < 4.78 is 1.25. The van der Waals surface area contributed by atoms with Crippen molar-refractivity contribution in [2.45, 2.75) is 26.0 Å². The lowest BCUT2D eigenvalue weighted by Crippen LogP contribution is -2.32. The maximum absolute atomic E-state index is 12.1. The molecule has 0 saturated carbocycles. The van der Waals surface area contributed by atoms with Crippen molar-refractivity contribution >= 4 is 17.5 Å². The topological polar surface area (TPSA) is 84.2 Å². The SMILES string of the molecule is CCCn1nc(C(=O)NC[C@@H](O)c2cccc(Cl)c2)ccc1=O. The lowest BCUT2D eigenvalue weighted by atomic mass is 10.1. The summed E-state index contributed by atoms with van der Waals surface area (Å²) in [5, 5.41) is 17.2. The van der Waals surface area contributed by atoms with Gasteiger partial charge in [0.1, 0.15) is 5.69 Å². The van der Waals surface area contributed by atoms with Crippen LogP contribution in [0.3, 0.4) is 0 Å². The summed E-state index contributed by atoms with van der Waals surface area (Å²) in [5.41, 5.74) is 0.500. The first-order chi connectivity index (χ1) is 11.0. The summed E-state index contributed by atoms with van der Waals surface area (Å²) in [6, 6.07) is 9.48. The molecular weight excluding hydrogens is 318 g/mol. The van der Waals surface area contributed by atoms with E-state index in [0.717, 1.165) is 6.42 Å². The van der Waals surface area contributed by atoms with Crippen molar-refractivity contribution in [3.8, 4) is 0 Å². The molecule has 0 aliphatic heterocycles. The van der Waals surface area contributed by atoms with Gasteiger partial charge in [-0.3, -0.25) is 9.59 Å². The Bertz CT molecular complexity index is 745. The molecule has 1 atom stereocenters. The zero-order valence-electron chi connectivity index (χ0n) is 12.7. The van der Waals surface area contributed by atoms with Crippen LogP contribution in [0.5, 0.6) is 0 Å². The number of halogens is 1. The van der Waals surface area contributed by atoms with Gasteiger partial charge in [-0.05, 0) is 30.2 Å². The first-order valence-electron chi connectivity index (χ1n) is 7.31. The summed E-state index contributed by atoms with van der Waals surface area (Å²) in [6.07, 6.45) is -0.134. The zero-order valence-corrected chi connectivity index (χ0v) is 13.5. The molecule has 2 rings (SSSR count). The van der Waals surface area contributed by atoms with Crippen molar-refractivity contribution in [3.05, 3.63) is 63.0 Å². The Labute approximate surface area is 138 Å². The van der Waals surface area contributed by atoms with E-state index >= 15 is 0 Å². The Morgan fingerprint density at radius 3 is 2.87 bits per heavy atom. The Morgan fingerprint density at radius 2 is 2.17 bits per heavy atom. The van der Waals surface area contributed by atoms with E-state index < -0.39 is 12.0 Å². The minimum absolute atomic E-state index is 0.0216. The highest BCUT2D eigenvalue weighted by Crippen LogP contribution is 2.17. The predicted octanol–water partition coefficient (Wildman–Crippen LogP) is 1.77. The van der Waals surface area contributed by atoms with Crippen molar-refractivity contribution in [1.29, 1.82) is 0 Å². The zero-order chi connectivity index (χ0) is 16.8. The molecule has 0 bridgehead atoms. The van der Waals surface area contributed by atoms with E-state index in [1.165, 1.54) is 16.8 Å². The maximum Gasteiger partial charge on any atom is 0.271 e. The molecule has 2 aromatic rings. The van der Waals surface area contributed by atoms with E-state index in [2.05, 4.69) is 10.4 Å². The Hall–Kier alpha value is -2.18. The van der Waals surface area contributed by atoms with Crippen molar-refractivity contribution in [2.75, 3.05) is 6.54 Å². The number of amides is 1. The number of carbonyl (C=O) groups is 1. The average molecular weight is 336 g/mol. The van der Waals surface area contributed by atoms with E-state index in [1.54, 1.807) is 24.3 Å². The highest BCUT2D eigenvalue weighted by Gasteiger charge is 2.13. The summed E-state index contributed by atoms with van der Waals surface area (Å²) in [6.45, 7) is 2.39. The number of nitrogens with one attached hydrogen (secondary N) is 1. The van der Waals surface area contributed by atoms with E-state index in [4.69, 9.17) is 11.6 Å². The van der Waals surface area contributed by atoms with Crippen LogP contribution in [0.15, 0.2) is 41.2 Å². The molecule has 0 aliphatic carbocycles. The van der Waals surface area contributed by atoms with Crippen LogP contribution in [0.25, 0.3) is 0 Å². The molecule has 1 aromatic carbocycles. The van der Waals surface area contributed by atoms with Crippen LogP contribution < -0.4 is 10.9 Å². The number of aliphatic hydroxyl groups is 1. The molecule has 2 N–H and O–H groups in total. The standard InChI is InChI=1S/C16H18ClN3O3/c1-2-8-20-15(22)7-6-13(19-20)16(23)18-10-14(21)11-4-3-5-12(17)9-11/h3-7,9,14,21H,2,8,10H2,1H3,(H,18,23)/t14-/m1/s1. The quantitative estimate of drug-likeness (QED) is 0.842. The number of hydrogen-bond acceptors (Lipinski definition) is 4. The van der Waals surface area contributed by atoms with Gasteiger partial charge in [-0.15, -0.1) is 0 Å². The second kappa shape index (κ2) is 7.89. The predicted molar refractivity (Wildman–Crippen MR) is 87.5 cm³/mol. The summed E-state index contributed by atoms with van der Waals surface area (Å²) >= 11 is 5.87. The number of aryl methyl sites for hydroxylation is 1. The van der Waals surface area contributed by atoms with Crippen LogP contribution in [0, 0.1) is 0 Å². The molecule has 7 heteroatoms. The van der Waals surface area contributed by atoms with Crippen molar-refractivity contribution in [3.63, 3.8) is 0 Å². The third kappa shape index (κ3) is 4.64. The van der Waals surface area contributed by atoms with Gasteiger partial charge in [-0.1, -0.05) is 30.7 Å². The van der Waals surface area contributed by atoms with Crippen LogP contribution in [-0.4, -0.2) is 27.3 Å². The Balaban J connectivity index is 2.02. The highest BCUT2D eigenvalue weighted by atomic mass is 35.5. The summed E-state index contributed by atoms with van der Waals surface area (Å²) in [7, 11) is 0. The summed E-state index contributed by atoms with van der Waals surface area (Å²) in [5.74, 6) is -0.448. The third-order valence-corrected chi connectivity index (χ3v) is 3.46. The molecule has 1 heterocycles. The van der Waals surface area contributed by atoms with Gasteiger partial charge in [0.15, 0.2) is 0 Å². The fourth-order valence-corrected chi connectivity index (χ4v) is 2.25. The minimum atomic E-state index is -0.876. The maximum atomic E-state index is 12.1. The molecule has 0 unspecified atom stereocenters. The molecule has 6 nitrogen and oxygen atoms in total. The molecule has 23 heavy (non-hydrogen) atoms. The number of rotatable bonds is 6. The third-order valence-electron chi connectivity index (χ3n) is 3.22. The van der Waals surface area contributed by atoms with Gasteiger partial charge in [0.25, 0.3) is 11.5 Å². The number of carbonyl (C=O) groups excluding carboxylic acids is 1. The molecule has 0 aliphatic rings. The van der Waals surface area contributed by atoms with Gasteiger partial charge >= 0.3 is 0 Å². The number of aromatic nitrogens is 2. The van der Waals surface area contributed by atoms with Gasteiger partial charge in [0.2, 0.25) is 0 Å². The molecular formula is C16H18ClN3O3. The second-order valence-electron chi connectivity index (χ2n) is 5.06. The average Bonchev–Trinajstić information content (AvgIpc) is 2.54. The second-order valence-corrected chi connectivity index (χ2v) is 5.50. The smallest absolute Gasteiger partial charge is 0.271 e. The van der Waals surface area contributed by atoms with Crippen LogP contribution >= 0.6 is 11.6 Å². The van der Waals surface area contributed by atoms with Crippen LogP contribution in [-0.2, 0) is 6.54 Å². The summed E-state index contributed by atoms with van der Waals surface area (Å²) in [4.78, 5) is 23.7. The van der Waals surface area contributed by atoms with Crippen LogP contribution in [0.1, 0.15) is 35.5 Å². The number of benzene rings is 1. The van der Waals surface area contributed by atoms with Gasteiger partial charge in [0, 0.05) is 24.2 Å². The molecule has 0 saturated heterocycles. The number of aliphatic hydroxyl groups excluding tert-OH is 1. The number of nitrogens with zero attached hydrogens (tertiary/aromatic N) is 2. The van der Waals surface area contributed by atoms with Gasteiger partial charge in [-0.2, -0.15) is 5.10 Å². The Morgan fingerprint density at radius 1 is 1.39 bits per heavy atom. The van der Waals surface area contributed by atoms with E-state index in [1.807, 2.05) is 6.92 Å². The van der Waals surface area contributed by atoms with Crippen molar-refractivity contribution < 1.29 is 9.90 Å². The number of hydrogen-bond donors (Lipinski definition) is 2. The molecule has 1 amide bonds. The normalized spacial score (nSPS) is 12.0. The molecule has 0 radical (unpaired) electrons. The van der Waals surface area contributed by atoms with Crippen LogP contribution in [0.2, 0.25) is 5.02 Å². The first-order valence-corrected chi connectivity index (χ1v) is 7.69. The van der Waals surface area contributed by atoms with Crippen LogP contribution in [0.4, 0.5) is 0 Å². The van der Waals surface area contributed by atoms with Gasteiger partial charge < -0.3 is 10.4 Å². The van der Waals surface area contributed by atoms with E-state index in [-0.39, 0.29) is 17.8 Å².